The fourth-order valence-corrected chi connectivity index (χ4v) is 4.26. The summed E-state index contributed by atoms with van der Waals surface area (Å²) in [4.78, 5) is 17.0. The molecular formula is C23H24N4O2. The molecule has 1 aliphatic carbocycles. The van der Waals surface area contributed by atoms with Gasteiger partial charge < -0.3 is 10.1 Å². The first kappa shape index (κ1) is 18.1. The van der Waals surface area contributed by atoms with E-state index in [1.807, 2.05) is 29.9 Å². The molecule has 3 heterocycles. The van der Waals surface area contributed by atoms with Gasteiger partial charge in [0.25, 0.3) is 5.91 Å². The van der Waals surface area contributed by atoms with Gasteiger partial charge in [0.1, 0.15) is 5.69 Å². The molecule has 29 heavy (non-hydrogen) atoms. The molecule has 1 saturated carbocycles. The number of aryl methyl sites for hydroxylation is 1. The molecule has 1 saturated heterocycles. The molecule has 0 radical (unpaired) electrons. The number of rotatable bonds is 5. The third kappa shape index (κ3) is 3.56. The fraction of sp³-hybridized carbons (Fsp3) is 0.348. The largest absolute Gasteiger partial charge is 0.380 e. The number of pyridine rings is 1. The van der Waals surface area contributed by atoms with E-state index in [0.717, 1.165) is 49.3 Å². The number of ether oxygens (including phenoxy) is 1. The van der Waals surface area contributed by atoms with Crippen molar-refractivity contribution in [2.75, 3.05) is 13.2 Å². The molecular weight excluding hydrogens is 364 g/mol. The predicted molar refractivity (Wildman–Crippen MR) is 109 cm³/mol. The molecule has 0 atom stereocenters. The maximum atomic E-state index is 12.6. The maximum Gasteiger partial charge on any atom is 0.270 e. The van der Waals surface area contributed by atoms with Gasteiger partial charge in [-0.1, -0.05) is 12.1 Å². The van der Waals surface area contributed by atoms with Crippen molar-refractivity contribution in [1.82, 2.24) is 20.1 Å². The quantitative estimate of drug-likeness (QED) is 0.729. The number of nitrogens with zero attached hydrogens (tertiary/aromatic N) is 3. The van der Waals surface area contributed by atoms with Gasteiger partial charge in [-0.2, -0.15) is 5.10 Å². The average Bonchev–Trinajstić information content (AvgIpc) is 3.20. The van der Waals surface area contributed by atoms with Gasteiger partial charge >= 0.3 is 0 Å². The highest BCUT2D eigenvalue weighted by Gasteiger charge is 2.50. The van der Waals surface area contributed by atoms with E-state index in [1.165, 1.54) is 5.56 Å². The highest BCUT2D eigenvalue weighted by atomic mass is 16.5. The van der Waals surface area contributed by atoms with Crippen LogP contribution in [0.15, 0.2) is 55.0 Å². The molecule has 1 aliphatic heterocycles. The number of hydrogen-bond donors (Lipinski definition) is 1. The molecule has 2 fully saturated rings. The maximum absolute atomic E-state index is 12.6. The summed E-state index contributed by atoms with van der Waals surface area (Å²) in [5, 5.41) is 7.38. The van der Waals surface area contributed by atoms with Crippen molar-refractivity contribution in [2.24, 2.45) is 5.41 Å². The van der Waals surface area contributed by atoms with Gasteiger partial charge in [0, 0.05) is 30.0 Å². The third-order valence-corrected chi connectivity index (χ3v) is 6.06. The van der Waals surface area contributed by atoms with Crippen LogP contribution in [0.5, 0.6) is 0 Å². The minimum Gasteiger partial charge on any atom is -0.380 e. The standard InChI is InChI=1S/C23H24N4O2/c1-16-13-24-21(22(28)26-19-11-23(12-19)14-29-15-23)10-18(16)9-17-3-5-20(6-4-17)27-8-2-7-25-27/h2-8,10,13,19H,9,11-12,14-15H2,1H3,(H,26,28). The lowest BCUT2D eigenvalue weighted by Crippen LogP contribution is -2.59. The molecule has 0 bridgehead atoms. The highest BCUT2D eigenvalue weighted by molar-refractivity contribution is 5.92. The Balaban J connectivity index is 1.26. The number of aromatic nitrogens is 3. The van der Waals surface area contributed by atoms with Crippen molar-refractivity contribution in [2.45, 2.75) is 32.2 Å². The van der Waals surface area contributed by atoms with Crippen LogP contribution in [0, 0.1) is 12.3 Å². The molecule has 2 aromatic heterocycles. The van der Waals surface area contributed by atoms with Crippen LogP contribution < -0.4 is 5.32 Å². The minimum atomic E-state index is -0.0830. The zero-order valence-corrected chi connectivity index (χ0v) is 16.5. The van der Waals surface area contributed by atoms with Crippen LogP contribution in [0.1, 0.15) is 40.0 Å². The van der Waals surface area contributed by atoms with Gasteiger partial charge in [0.05, 0.1) is 18.9 Å². The molecule has 6 heteroatoms. The second-order valence-electron chi connectivity index (χ2n) is 8.36. The third-order valence-electron chi connectivity index (χ3n) is 6.06. The molecule has 1 spiro atoms. The molecule has 1 amide bonds. The lowest BCUT2D eigenvalue weighted by Gasteiger charge is -2.53. The van der Waals surface area contributed by atoms with E-state index in [4.69, 9.17) is 4.74 Å². The van der Waals surface area contributed by atoms with Crippen LogP contribution in [0.3, 0.4) is 0 Å². The Bertz CT molecular complexity index is 1020. The van der Waals surface area contributed by atoms with Gasteiger partial charge in [-0.3, -0.25) is 9.78 Å². The summed E-state index contributed by atoms with van der Waals surface area (Å²) >= 11 is 0. The highest BCUT2D eigenvalue weighted by Crippen LogP contribution is 2.46. The number of carbonyl (C=O) groups excluding carboxylic acids is 1. The molecule has 3 aromatic rings. The van der Waals surface area contributed by atoms with Crippen molar-refractivity contribution >= 4 is 5.91 Å². The van der Waals surface area contributed by atoms with Crippen molar-refractivity contribution in [3.8, 4) is 5.69 Å². The van der Waals surface area contributed by atoms with E-state index >= 15 is 0 Å². The lowest BCUT2D eigenvalue weighted by molar-refractivity contribution is -0.165. The van der Waals surface area contributed by atoms with Crippen LogP contribution in [-0.4, -0.2) is 39.9 Å². The number of nitrogens with one attached hydrogen (secondary N) is 1. The van der Waals surface area contributed by atoms with Gasteiger partial charge in [-0.05, 0) is 67.1 Å². The van der Waals surface area contributed by atoms with Crippen molar-refractivity contribution in [3.05, 3.63) is 77.4 Å². The van der Waals surface area contributed by atoms with Crippen LogP contribution in [0.4, 0.5) is 0 Å². The van der Waals surface area contributed by atoms with E-state index in [0.29, 0.717) is 11.1 Å². The van der Waals surface area contributed by atoms with Gasteiger partial charge in [0.2, 0.25) is 0 Å². The van der Waals surface area contributed by atoms with Crippen LogP contribution in [-0.2, 0) is 11.2 Å². The first-order chi connectivity index (χ1) is 14.1. The van der Waals surface area contributed by atoms with Crippen LogP contribution in [0.25, 0.3) is 5.69 Å². The second kappa shape index (κ2) is 7.12. The van der Waals surface area contributed by atoms with E-state index in [2.05, 4.69) is 39.7 Å². The Labute approximate surface area is 169 Å². The number of benzene rings is 1. The first-order valence-electron chi connectivity index (χ1n) is 10.0. The SMILES string of the molecule is Cc1cnc(C(=O)NC2CC3(COC3)C2)cc1Cc1ccc(-n2cccn2)cc1. The Kier molecular flexibility index (Phi) is 4.43. The average molecular weight is 388 g/mol. The summed E-state index contributed by atoms with van der Waals surface area (Å²) in [7, 11) is 0. The van der Waals surface area contributed by atoms with Gasteiger partial charge in [0.15, 0.2) is 0 Å². The topological polar surface area (TPSA) is 69.0 Å². The summed E-state index contributed by atoms with van der Waals surface area (Å²) in [5.41, 5.74) is 5.26. The van der Waals surface area contributed by atoms with E-state index < -0.39 is 0 Å². The Morgan fingerprint density at radius 3 is 2.72 bits per heavy atom. The number of hydrogen-bond acceptors (Lipinski definition) is 4. The normalized spacial score (nSPS) is 17.6. The molecule has 5 rings (SSSR count). The molecule has 148 valence electrons. The van der Waals surface area contributed by atoms with Crippen LogP contribution in [0.2, 0.25) is 0 Å². The summed E-state index contributed by atoms with van der Waals surface area (Å²) in [5.74, 6) is -0.0830. The molecule has 2 aliphatic rings. The summed E-state index contributed by atoms with van der Waals surface area (Å²) in [6.45, 7) is 3.71. The van der Waals surface area contributed by atoms with E-state index in [9.17, 15) is 4.79 Å². The Morgan fingerprint density at radius 2 is 2.07 bits per heavy atom. The summed E-state index contributed by atoms with van der Waals surface area (Å²) < 4.78 is 7.14. The van der Waals surface area contributed by atoms with Gasteiger partial charge in [-0.25, -0.2) is 4.68 Å². The second-order valence-corrected chi connectivity index (χ2v) is 8.36. The predicted octanol–water partition coefficient (Wildman–Crippen LogP) is 3.08. The molecule has 1 N–H and O–H groups in total. The molecule has 6 nitrogen and oxygen atoms in total. The first-order valence-corrected chi connectivity index (χ1v) is 10.0. The van der Waals surface area contributed by atoms with E-state index in [1.54, 1.807) is 12.4 Å². The number of carbonyl (C=O) groups is 1. The Hall–Kier alpha value is -2.99. The zero-order chi connectivity index (χ0) is 19.8. The van der Waals surface area contributed by atoms with Gasteiger partial charge in [-0.15, -0.1) is 0 Å². The van der Waals surface area contributed by atoms with E-state index in [-0.39, 0.29) is 11.9 Å². The van der Waals surface area contributed by atoms with Crippen molar-refractivity contribution < 1.29 is 9.53 Å². The summed E-state index contributed by atoms with van der Waals surface area (Å²) in [6, 6.07) is 12.4. The van der Waals surface area contributed by atoms with Crippen LogP contribution >= 0.6 is 0 Å². The lowest BCUT2D eigenvalue weighted by atomic mass is 9.64. The summed E-state index contributed by atoms with van der Waals surface area (Å²) in [6.07, 6.45) is 8.28. The fourth-order valence-electron chi connectivity index (χ4n) is 4.26. The van der Waals surface area contributed by atoms with Crippen molar-refractivity contribution in [1.29, 1.82) is 0 Å². The monoisotopic (exact) mass is 388 g/mol. The zero-order valence-electron chi connectivity index (χ0n) is 16.5. The smallest absolute Gasteiger partial charge is 0.270 e. The minimum absolute atomic E-state index is 0.0830. The number of amides is 1. The molecule has 0 unspecified atom stereocenters. The Morgan fingerprint density at radius 1 is 1.28 bits per heavy atom. The molecule has 1 aromatic carbocycles. The van der Waals surface area contributed by atoms with Crippen molar-refractivity contribution in [3.63, 3.8) is 0 Å².